The summed E-state index contributed by atoms with van der Waals surface area (Å²) < 4.78 is 12.9. The van der Waals surface area contributed by atoms with Gasteiger partial charge >= 0.3 is 0 Å². The molecule has 0 saturated carbocycles. The van der Waals surface area contributed by atoms with E-state index in [0.717, 1.165) is 0 Å². The highest BCUT2D eigenvalue weighted by molar-refractivity contribution is 6.08. The molecule has 0 aliphatic carbocycles. The van der Waals surface area contributed by atoms with Gasteiger partial charge in [0.25, 0.3) is 5.91 Å². The molecule has 1 amide bonds. The zero-order valence-electron chi connectivity index (χ0n) is 11.9. The number of rotatable bonds is 4. The molecular weight excluding hydrogens is 295 g/mol. The van der Waals surface area contributed by atoms with Crippen molar-refractivity contribution in [1.82, 2.24) is 0 Å². The largest absolute Gasteiger partial charge is 0.359 e. The Labute approximate surface area is 132 Å². The number of hydrogen-bond acceptors (Lipinski definition) is 4. The molecule has 112 valence electrons. The topological polar surface area (TPSA) is 88.7 Å². The summed E-state index contributed by atoms with van der Waals surface area (Å²) in [6.45, 7) is 0. The average molecular weight is 306 g/mol. The first-order valence-corrected chi connectivity index (χ1v) is 6.57. The minimum Gasteiger partial charge on any atom is -0.359 e. The lowest BCUT2D eigenvalue weighted by Gasteiger charge is -2.10. The number of anilines is 2. The van der Waals surface area contributed by atoms with E-state index >= 15 is 0 Å². The van der Waals surface area contributed by atoms with Crippen molar-refractivity contribution in [3.8, 4) is 12.1 Å². The Balaban J connectivity index is 2.21. The fraction of sp³-hybridized carbons (Fsp3) is 0. The molecule has 2 rings (SSSR count). The van der Waals surface area contributed by atoms with Gasteiger partial charge in [-0.1, -0.05) is 12.1 Å². The van der Waals surface area contributed by atoms with E-state index in [4.69, 9.17) is 10.5 Å². The van der Waals surface area contributed by atoms with E-state index in [2.05, 4.69) is 10.6 Å². The SMILES string of the molecule is N#CC(C#N)=CNc1ccccc1C(=O)Nc1ccc(F)cc1. The number of halogens is 1. The molecule has 0 heterocycles. The predicted octanol–water partition coefficient (Wildman–Crippen LogP) is 3.42. The van der Waals surface area contributed by atoms with Crippen molar-refractivity contribution in [1.29, 1.82) is 10.5 Å². The van der Waals surface area contributed by atoms with Gasteiger partial charge in [0, 0.05) is 11.9 Å². The van der Waals surface area contributed by atoms with Gasteiger partial charge in [-0.2, -0.15) is 10.5 Å². The van der Waals surface area contributed by atoms with E-state index < -0.39 is 11.7 Å². The molecule has 0 atom stereocenters. The first kappa shape index (κ1) is 15.7. The number of nitrogens with zero attached hydrogens (tertiary/aromatic N) is 2. The van der Waals surface area contributed by atoms with Crippen molar-refractivity contribution in [2.24, 2.45) is 0 Å². The third-order valence-electron chi connectivity index (χ3n) is 2.89. The summed E-state index contributed by atoms with van der Waals surface area (Å²) in [6.07, 6.45) is 1.23. The van der Waals surface area contributed by atoms with E-state index in [1.54, 1.807) is 36.4 Å². The predicted molar refractivity (Wildman–Crippen MR) is 83.7 cm³/mol. The number of para-hydroxylation sites is 1. The van der Waals surface area contributed by atoms with Crippen LogP contribution in [0, 0.1) is 28.5 Å². The van der Waals surface area contributed by atoms with E-state index in [1.165, 1.54) is 30.5 Å². The Bertz CT molecular complexity index is 813. The molecule has 6 heteroatoms. The Hall–Kier alpha value is -3.64. The molecule has 5 nitrogen and oxygen atoms in total. The Morgan fingerprint density at radius 3 is 2.35 bits per heavy atom. The summed E-state index contributed by atoms with van der Waals surface area (Å²) >= 11 is 0. The maximum absolute atomic E-state index is 12.9. The maximum atomic E-state index is 12.9. The summed E-state index contributed by atoms with van der Waals surface area (Å²) in [5.41, 5.74) is 1.11. The van der Waals surface area contributed by atoms with Crippen molar-refractivity contribution in [3.63, 3.8) is 0 Å². The second-order valence-electron chi connectivity index (χ2n) is 4.43. The summed E-state index contributed by atoms with van der Waals surface area (Å²) in [6, 6.07) is 15.5. The molecule has 0 fully saturated rings. The number of allylic oxidation sites excluding steroid dienone is 1. The van der Waals surface area contributed by atoms with E-state index in [9.17, 15) is 9.18 Å². The van der Waals surface area contributed by atoms with Crippen molar-refractivity contribution in [2.75, 3.05) is 10.6 Å². The number of amides is 1. The number of nitrogens with one attached hydrogen (secondary N) is 2. The molecule has 0 unspecified atom stereocenters. The molecule has 0 spiro atoms. The Morgan fingerprint density at radius 1 is 1.04 bits per heavy atom. The molecular formula is C17H11FN4O. The normalized spacial score (nSPS) is 9.17. The highest BCUT2D eigenvalue weighted by Crippen LogP contribution is 2.18. The average Bonchev–Trinajstić information content (AvgIpc) is 2.58. The highest BCUT2D eigenvalue weighted by Gasteiger charge is 2.10. The molecule has 0 bridgehead atoms. The van der Waals surface area contributed by atoms with Crippen LogP contribution in [0.3, 0.4) is 0 Å². The van der Waals surface area contributed by atoms with E-state index in [-0.39, 0.29) is 5.57 Å². The standard InChI is InChI=1S/C17H11FN4O/c18-13-5-7-14(8-6-13)22-17(23)15-3-1-2-4-16(15)21-11-12(9-19)10-20/h1-8,11,21H,(H,22,23). The van der Waals surface area contributed by atoms with Crippen LogP contribution in [0.1, 0.15) is 10.4 Å². The van der Waals surface area contributed by atoms with Gasteiger partial charge in [-0.3, -0.25) is 4.79 Å². The van der Waals surface area contributed by atoms with Gasteiger partial charge in [-0.25, -0.2) is 4.39 Å². The number of benzene rings is 2. The van der Waals surface area contributed by atoms with Gasteiger partial charge in [0.05, 0.1) is 11.3 Å². The zero-order valence-corrected chi connectivity index (χ0v) is 11.9. The number of hydrogen-bond donors (Lipinski definition) is 2. The van der Waals surface area contributed by atoms with Crippen LogP contribution in [0.2, 0.25) is 0 Å². The first-order valence-electron chi connectivity index (χ1n) is 6.57. The number of nitriles is 2. The summed E-state index contributed by atoms with van der Waals surface area (Å²) in [5.74, 6) is -0.792. The number of carbonyl (C=O) groups is 1. The highest BCUT2D eigenvalue weighted by atomic mass is 19.1. The second-order valence-corrected chi connectivity index (χ2v) is 4.43. The van der Waals surface area contributed by atoms with E-state index in [0.29, 0.717) is 16.9 Å². The van der Waals surface area contributed by atoms with Gasteiger partial charge in [0.2, 0.25) is 0 Å². The minimum absolute atomic E-state index is 0.112. The third kappa shape index (κ3) is 4.16. The molecule has 0 aromatic heterocycles. The van der Waals surface area contributed by atoms with Gasteiger partial charge in [0.15, 0.2) is 0 Å². The monoisotopic (exact) mass is 306 g/mol. The van der Waals surface area contributed by atoms with Crippen LogP contribution >= 0.6 is 0 Å². The molecule has 2 N–H and O–H groups in total. The first-order chi connectivity index (χ1) is 11.1. The number of carbonyl (C=O) groups excluding carboxylic acids is 1. The lowest BCUT2D eigenvalue weighted by molar-refractivity contribution is 0.102. The quantitative estimate of drug-likeness (QED) is 0.847. The van der Waals surface area contributed by atoms with Crippen molar-refractivity contribution >= 4 is 17.3 Å². The lowest BCUT2D eigenvalue weighted by Crippen LogP contribution is -2.13. The van der Waals surface area contributed by atoms with Crippen LogP contribution in [-0.2, 0) is 0 Å². The van der Waals surface area contributed by atoms with Crippen LogP contribution in [0.25, 0.3) is 0 Å². The van der Waals surface area contributed by atoms with Crippen LogP contribution in [0.15, 0.2) is 60.3 Å². The molecule has 0 saturated heterocycles. The summed E-state index contributed by atoms with van der Waals surface area (Å²) in [4.78, 5) is 12.3. The molecule has 0 aliphatic heterocycles. The Kier molecular flexibility index (Phi) is 5.06. The second kappa shape index (κ2) is 7.39. The van der Waals surface area contributed by atoms with Crippen LogP contribution in [0.4, 0.5) is 15.8 Å². The van der Waals surface area contributed by atoms with Crippen LogP contribution in [0.5, 0.6) is 0 Å². The van der Waals surface area contributed by atoms with Crippen molar-refractivity contribution < 1.29 is 9.18 Å². The lowest BCUT2D eigenvalue weighted by atomic mass is 10.1. The van der Waals surface area contributed by atoms with Gasteiger partial charge in [-0.05, 0) is 36.4 Å². The Morgan fingerprint density at radius 2 is 1.70 bits per heavy atom. The fourth-order valence-electron chi connectivity index (χ4n) is 1.78. The third-order valence-corrected chi connectivity index (χ3v) is 2.89. The summed E-state index contributed by atoms with van der Waals surface area (Å²) in [5, 5.41) is 22.8. The molecule has 0 radical (unpaired) electrons. The summed E-state index contributed by atoms with van der Waals surface area (Å²) in [7, 11) is 0. The molecule has 2 aromatic carbocycles. The molecule has 0 aliphatic rings. The van der Waals surface area contributed by atoms with Crippen LogP contribution in [-0.4, -0.2) is 5.91 Å². The van der Waals surface area contributed by atoms with Crippen LogP contribution < -0.4 is 10.6 Å². The van der Waals surface area contributed by atoms with Gasteiger partial charge in [-0.15, -0.1) is 0 Å². The van der Waals surface area contributed by atoms with Crippen molar-refractivity contribution in [2.45, 2.75) is 0 Å². The zero-order chi connectivity index (χ0) is 16.7. The smallest absolute Gasteiger partial charge is 0.257 e. The van der Waals surface area contributed by atoms with Crippen molar-refractivity contribution in [3.05, 3.63) is 71.7 Å². The maximum Gasteiger partial charge on any atom is 0.257 e. The fourth-order valence-corrected chi connectivity index (χ4v) is 1.78. The van der Waals surface area contributed by atoms with Gasteiger partial charge in [0.1, 0.15) is 23.5 Å². The van der Waals surface area contributed by atoms with Gasteiger partial charge < -0.3 is 10.6 Å². The molecule has 2 aromatic rings. The minimum atomic E-state index is -0.399. The van der Waals surface area contributed by atoms with E-state index in [1.807, 2.05) is 0 Å². The molecule has 23 heavy (non-hydrogen) atoms.